The van der Waals surface area contributed by atoms with Crippen molar-refractivity contribution in [2.24, 2.45) is 0 Å². The van der Waals surface area contributed by atoms with Crippen molar-refractivity contribution in [1.29, 1.82) is 0 Å². The average Bonchev–Trinajstić information content (AvgIpc) is 3.23. The molecule has 2 aromatic carbocycles. The summed E-state index contributed by atoms with van der Waals surface area (Å²) in [5.41, 5.74) is 1.39. The van der Waals surface area contributed by atoms with Crippen molar-refractivity contribution < 1.29 is 24.2 Å². The molecule has 9 heteroatoms. The molecule has 0 saturated heterocycles. The fourth-order valence-electron chi connectivity index (χ4n) is 3.40. The van der Waals surface area contributed by atoms with Gasteiger partial charge in [-0.05, 0) is 36.4 Å². The van der Waals surface area contributed by atoms with Crippen LogP contribution < -0.4 is 20.1 Å². The first-order valence-electron chi connectivity index (χ1n) is 9.39. The van der Waals surface area contributed by atoms with Crippen LogP contribution in [0, 0.1) is 0 Å². The van der Waals surface area contributed by atoms with Gasteiger partial charge in [0.1, 0.15) is 34.6 Å². The molecule has 0 spiro atoms. The Balaban J connectivity index is 1.79. The second-order valence-corrected chi connectivity index (χ2v) is 6.73. The van der Waals surface area contributed by atoms with Gasteiger partial charge in [-0.3, -0.25) is 4.79 Å². The molecule has 1 amide bonds. The van der Waals surface area contributed by atoms with Crippen molar-refractivity contribution in [3.05, 3.63) is 77.6 Å². The lowest BCUT2D eigenvalue weighted by Crippen LogP contribution is -2.26. The van der Waals surface area contributed by atoms with Gasteiger partial charge in [0.25, 0.3) is 5.91 Å². The quantitative estimate of drug-likeness (QED) is 0.561. The van der Waals surface area contributed by atoms with Crippen LogP contribution in [0.15, 0.2) is 66.5 Å². The van der Waals surface area contributed by atoms with E-state index in [4.69, 9.17) is 9.47 Å². The molecule has 3 aromatic rings. The Bertz CT molecular complexity index is 1170. The topological polar surface area (TPSA) is 115 Å². The van der Waals surface area contributed by atoms with Crippen LogP contribution in [0.1, 0.15) is 22.0 Å². The standard InChI is InChI=1S/C22H20N4O5/c1-30-14-8-9-19(31-2)15(10-14)18-11-17(22(28)29)25-20-16(12-23-26(18)20)21(27)24-13-6-4-3-5-7-13/h3-12,18,25H,1-2H3,(H,24,27)(H,28,29)/t18-/m0/s1. The van der Waals surface area contributed by atoms with Crippen molar-refractivity contribution in [3.8, 4) is 11.5 Å². The number of nitrogens with one attached hydrogen (secondary N) is 2. The molecule has 1 aliphatic heterocycles. The van der Waals surface area contributed by atoms with Crippen molar-refractivity contribution in [2.75, 3.05) is 24.9 Å². The Kier molecular flexibility index (Phi) is 5.31. The number of aromatic nitrogens is 2. The van der Waals surface area contributed by atoms with E-state index in [1.54, 1.807) is 47.1 Å². The number of hydrogen-bond donors (Lipinski definition) is 3. The molecular formula is C22H20N4O5. The number of carboxylic acids is 1. The SMILES string of the molecule is COc1ccc(OC)c([C@@H]2C=C(C(=O)O)Nc3c(C(=O)Nc4ccccc4)cnn32)c1. The molecule has 0 bridgehead atoms. The van der Waals surface area contributed by atoms with Crippen LogP contribution in [-0.2, 0) is 4.79 Å². The maximum atomic E-state index is 12.9. The molecule has 0 aliphatic carbocycles. The Labute approximate surface area is 177 Å². The maximum absolute atomic E-state index is 12.9. The molecule has 3 N–H and O–H groups in total. The third kappa shape index (κ3) is 3.80. The van der Waals surface area contributed by atoms with Gasteiger partial charge in [-0.15, -0.1) is 0 Å². The molecule has 31 heavy (non-hydrogen) atoms. The number of aliphatic carboxylic acids is 1. The number of allylic oxidation sites excluding steroid dienone is 1. The molecule has 1 aromatic heterocycles. The first-order valence-corrected chi connectivity index (χ1v) is 9.39. The molecule has 2 heterocycles. The molecule has 0 radical (unpaired) electrons. The van der Waals surface area contributed by atoms with Crippen LogP contribution >= 0.6 is 0 Å². The number of benzene rings is 2. The average molecular weight is 420 g/mol. The smallest absolute Gasteiger partial charge is 0.352 e. The number of carbonyl (C=O) groups is 2. The molecule has 4 rings (SSSR count). The van der Waals surface area contributed by atoms with E-state index in [2.05, 4.69) is 15.7 Å². The summed E-state index contributed by atoms with van der Waals surface area (Å²) in [5, 5.41) is 19.6. The van der Waals surface area contributed by atoms with Crippen LogP contribution in [-0.4, -0.2) is 41.0 Å². The fourth-order valence-corrected chi connectivity index (χ4v) is 3.40. The van der Waals surface area contributed by atoms with E-state index >= 15 is 0 Å². The van der Waals surface area contributed by atoms with Crippen LogP contribution in [0.4, 0.5) is 11.5 Å². The molecule has 9 nitrogen and oxygen atoms in total. The maximum Gasteiger partial charge on any atom is 0.352 e. The van der Waals surface area contributed by atoms with E-state index in [0.29, 0.717) is 22.7 Å². The summed E-state index contributed by atoms with van der Waals surface area (Å²) in [5.74, 6) is -0.194. The highest BCUT2D eigenvalue weighted by Crippen LogP contribution is 2.38. The molecule has 0 saturated carbocycles. The van der Waals surface area contributed by atoms with E-state index < -0.39 is 17.9 Å². The largest absolute Gasteiger partial charge is 0.497 e. The molecule has 1 atom stereocenters. The van der Waals surface area contributed by atoms with Gasteiger partial charge in [-0.25, -0.2) is 9.48 Å². The van der Waals surface area contributed by atoms with E-state index in [9.17, 15) is 14.7 Å². The first kappa shape index (κ1) is 20.0. The Hall–Kier alpha value is -4.27. The number of para-hydroxylation sites is 1. The number of rotatable bonds is 6. The summed E-state index contributed by atoms with van der Waals surface area (Å²) in [7, 11) is 3.06. The third-order valence-electron chi connectivity index (χ3n) is 4.90. The van der Waals surface area contributed by atoms with Gasteiger partial charge in [0.05, 0.1) is 20.4 Å². The van der Waals surface area contributed by atoms with Gasteiger partial charge in [0, 0.05) is 11.3 Å². The number of ether oxygens (including phenoxy) is 2. The van der Waals surface area contributed by atoms with Crippen molar-refractivity contribution >= 4 is 23.4 Å². The van der Waals surface area contributed by atoms with Gasteiger partial charge in [-0.1, -0.05) is 18.2 Å². The lowest BCUT2D eigenvalue weighted by molar-refractivity contribution is -0.132. The Morgan fingerprint density at radius 3 is 2.58 bits per heavy atom. The number of fused-ring (bicyclic) bond motifs is 1. The minimum Gasteiger partial charge on any atom is -0.497 e. The molecule has 0 fully saturated rings. The normalized spacial score (nSPS) is 14.6. The summed E-state index contributed by atoms with van der Waals surface area (Å²) >= 11 is 0. The van der Waals surface area contributed by atoms with Crippen LogP contribution in [0.2, 0.25) is 0 Å². The summed E-state index contributed by atoms with van der Waals surface area (Å²) in [6, 6.07) is 13.6. The number of hydrogen-bond acceptors (Lipinski definition) is 6. The predicted molar refractivity (Wildman–Crippen MR) is 114 cm³/mol. The molecule has 0 unspecified atom stereocenters. The van der Waals surface area contributed by atoms with E-state index in [-0.39, 0.29) is 17.1 Å². The van der Waals surface area contributed by atoms with Gasteiger partial charge >= 0.3 is 5.97 Å². The Morgan fingerprint density at radius 2 is 1.90 bits per heavy atom. The number of methoxy groups -OCH3 is 2. The van der Waals surface area contributed by atoms with Crippen LogP contribution in [0.5, 0.6) is 11.5 Å². The zero-order chi connectivity index (χ0) is 22.0. The zero-order valence-electron chi connectivity index (χ0n) is 16.8. The molecular weight excluding hydrogens is 400 g/mol. The monoisotopic (exact) mass is 420 g/mol. The van der Waals surface area contributed by atoms with Crippen LogP contribution in [0.3, 0.4) is 0 Å². The van der Waals surface area contributed by atoms with E-state index in [1.807, 2.05) is 6.07 Å². The summed E-state index contributed by atoms with van der Waals surface area (Å²) in [6.45, 7) is 0. The Morgan fingerprint density at radius 1 is 1.13 bits per heavy atom. The lowest BCUT2D eigenvalue weighted by atomic mass is 10.0. The molecule has 158 valence electrons. The van der Waals surface area contributed by atoms with Crippen molar-refractivity contribution in [2.45, 2.75) is 6.04 Å². The minimum atomic E-state index is -1.16. The van der Waals surface area contributed by atoms with Gasteiger partial charge in [-0.2, -0.15) is 5.10 Å². The second kappa shape index (κ2) is 8.23. The van der Waals surface area contributed by atoms with Gasteiger partial charge < -0.3 is 25.2 Å². The number of amides is 1. The van der Waals surface area contributed by atoms with E-state index in [1.165, 1.54) is 26.5 Å². The third-order valence-corrected chi connectivity index (χ3v) is 4.90. The summed E-state index contributed by atoms with van der Waals surface area (Å²) in [4.78, 5) is 24.7. The first-order chi connectivity index (χ1) is 15.0. The summed E-state index contributed by atoms with van der Waals surface area (Å²) < 4.78 is 12.3. The van der Waals surface area contributed by atoms with E-state index in [0.717, 1.165) is 0 Å². The van der Waals surface area contributed by atoms with Gasteiger partial charge in [0.15, 0.2) is 0 Å². The van der Waals surface area contributed by atoms with Crippen LogP contribution in [0.25, 0.3) is 0 Å². The second-order valence-electron chi connectivity index (χ2n) is 6.73. The summed E-state index contributed by atoms with van der Waals surface area (Å²) in [6.07, 6.45) is 2.91. The van der Waals surface area contributed by atoms with Crippen molar-refractivity contribution in [3.63, 3.8) is 0 Å². The number of anilines is 2. The zero-order valence-corrected chi connectivity index (χ0v) is 16.8. The highest BCUT2D eigenvalue weighted by Gasteiger charge is 2.31. The minimum absolute atomic E-state index is 0.0726. The number of nitrogens with zero attached hydrogens (tertiary/aromatic N) is 2. The molecule has 1 aliphatic rings. The lowest BCUT2D eigenvalue weighted by Gasteiger charge is -2.26. The highest BCUT2D eigenvalue weighted by atomic mass is 16.5. The highest BCUT2D eigenvalue weighted by molar-refractivity contribution is 6.08. The number of carbonyl (C=O) groups excluding carboxylic acids is 1. The number of carboxylic acid groups (broad SMARTS) is 1. The van der Waals surface area contributed by atoms with Crippen molar-refractivity contribution in [1.82, 2.24) is 9.78 Å². The van der Waals surface area contributed by atoms with Gasteiger partial charge in [0.2, 0.25) is 0 Å². The fraction of sp³-hybridized carbons (Fsp3) is 0.136. The predicted octanol–water partition coefficient (Wildman–Crippen LogP) is 3.14.